The summed E-state index contributed by atoms with van der Waals surface area (Å²) < 4.78 is 17.5. The molecule has 4 nitrogen and oxygen atoms in total. The monoisotopic (exact) mass is 307 g/mol. The number of hydrogen-bond donors (Lipinski definition) is 0. The van der Waals surface area contributed by atoms with Gasteiger partial charge in [-0.05, 0) is 45.2 Å². The third-order valence-corrected chi connectivity index (χ3v) is 6.31. The average Bonchev–Trinajstić information content (AvgIpc) is 2.46. The molecule has 0 atom stereocenters. The zero-order valence-electron chi connectivity index (χ0n) is 13.4. The summed E-state index contributed by atoms with van der Waals surface area (Å²) in [6.45, 7) is 9.54. The quantitative estimate of drug-likeness (QED) is 0.656. The molecule has 0 fully saturated rings. The van der Waals surface area contributed by atoms with Crippen LogP contribution in [0.4, 0.5) is 0 Å². The zero-order valence-corrected chi connectivity index (χ0v) is 14.4. The molecule has 0 radical (unpaired) electrons. The van der Waals surface area contributed by atoms with Gasteiger partial charge in [-0.15, -0.1) is 0 Å². The number of aryl methyl sites for hydroxylation is 2. The summed E-state index contributed by atoms with van der Waals surface area (Å²) in [7, 11) is -2.64. The van der Waals surface area contributed by atoms with Gasteiger partial charge in [-0.1, -0.05) is 18.2 Å². The first-order chi connectivity index (χ1) is 10.1. The Morgan fingerprint density at radius 2 is 1.62 bits per heavy atom. The van der Waals surface area contributed by atoms with Gasteiger partial charge in [0.15, 0.2) is 0 Å². The molecular formula is C16H25NO3Si. The van der Waals surface area contributed by atoms with Crippen LogP contribution in [-0.4, -0.2) is 28.6 Å². The number of nitriles is 1. The fourth-order valence-corrected chi connectivity index (χ4v) is 4.96. The lowest BCUT2D eigenvalue weighted by molar-refractivity contribution is 0.0714. The van der Waals surface area contributed by atoms with Gasteiger partial charge in [0, 0.05) is 25.9 Å². The second-order valence-electron chi connectivity index (χ2n) is 4.70. The van der Waals surface area contributed by atoms with E-state index in [2.05, 4.69) is 6.07 Å². The zero-order chi connectivity index (χ0) is 15.7. The van der Waals surface area contributed by atoms with E-state index >= 15 is 0 Å². The van der Waals surface area contributed by atoms with E-state index in [0.717, 1.165) is 23.1 Å². The standard InChI is InChI=1S/C16H25NO3Si/c1-5-18-21(19-6-2,20-7-3)12-11-15-10-8-9-14(4)16(15)13-17/h8-10H,5-7,11-12H2,1-4H3. The Hall–Kier alpha value is -1.19. The molecule has 0 unspecified atom stereocenters. The van der Waals surface area contributed by atoms with Crippen LogP contribution in [0.2, 0.25) is 6.04 Å². The fraction of sp³-hybridized carbons (Fsp3) is 0.562. The van der Waals surface area contributed by atoms with Crippen molar-refractivity contribution < 1.29 is 13.3 Å². The van der Waals surface area contributed by atoms with E-state index in [1.807, 2.05) is 45.9 Å². The molecule has 21 heavy (non-hydrogen) atoms. The van der Waals surface area contributed by atoms with Gasteiger partial charge in [0.25, 0.3) is 0 Å². The SMILES string of the molecule is CCO[Si](CCc1cccc(C)c1C#N)(OCC)OCC. The van der Waals surface area contributed by atoms with Crippen LogP contribution in [0.1, 0.15) is 37.5 Å². The third-order valence-electron chi connectivity index (χ3n) is 3.26. The van der Waals surface area contributed by atoms with Gasteiger partial charge < -0.3 is 13.3 Å². The number of nitrogens with zero attached hydrogens (tertiary/aromatic N) is 1. The van der Waals surface area contributed by atoms with Crippen molar-refractivity contribution in [3.8, 4) is 6.07 Å². The van der Waals surface area contributed by atoms with Crippen LogP contribution in [0.15, 0.2) is 18.2 Å². The minimum atomic E-state index is -2.64. The molecule has 0 N–H and O–H groups in total. The Morgan fingerprint density at radius 3 is 2.10 bits per heavy atom. The van der Waals surface area contributed by atoms with Gasteiger partial charge in [-0.3, -0.25) is 0 Å². The van der Waals surface area contributed by atoms with E-state index in [1.54, 1.807) is 0 Å². The highest BCUT2D eigenvalue weighted by Gasteiger charge is 2.40. The Morgan fingerprint density at radius 1 is 1.05 bits per heavy atom. The first-order valence-corrected chi connectivity index (χ1v) is 9.46. The molecule has 0 amide bonds. The van der Waals surface area contributed by atoms with Crippen molar-refractivity contribution in [1.82, 2.24) is 0 Å². The van der Waals surface area contributed by atoms with Crippen molar-refractivity contribution in [2.45, 2.75) is 40.2 Å². The lowest BCUT2D eigenvalue weighted by Gasteiger charge is -2.28. The maximum absolute atomic E-state index is 9.31. The molecule has 0 saturated heterocycles. The molecule has 1 aromatic carbocycles. The van der Waals surface area contributed by atoms with Crippen molar-refractivity contribution in [3.63, 3.8) is 0 Å². The second-order valence-corrected chi connectivity index (χ2v) is 7.43. The van der Waals surface area contributed by atoms with E-state index < -0.39 is 8.80 Å². The smallest absolute Gasteiger partial charge is 0.374 e. The van der Waals surface area contributed by atoms with Crippen LogP contribution in [-0.2, 0) is 19.7 Å². The summed E-state index contributed by atoms with van der Waals surface area (Å²) >= 11 is 0. The Kier molecular flexibility index (Phi) is 7.61. The first-order valence-electron chi connectivity index (χ1n) is 7.52. The van der Waals surface area contributed by atoms with Crippen LogP contribution >= 0.6 is 0 Å². The van der Waals surface area contributed by atoms with E-state index in [-0.39, 0.29) is 0 Å². The van der Waals surface area contributed by atoms with Crippen molar-refractivity contribution in [1.29, 1.82) is 5.26 Å². The fourth-order valence-electron chi connectivity index (χ4n) is 2.39. The maximum atomic E-state index is 9.31. The van der Waals surface area contributed by atoms with Gasteiger partial charge in [-0.25, -0.2) is 0 Å². The molecule has 0 saturated carbocycles. The summed E-state index contributed by atoms with van der Waals surface area (Å²) in [6, 6.07) is 8.92. The summed E-state index contributed by atoms with van der Waals surface area (Å²) in [5.74, 6) is 0. The highest BCUT2D eigenvalue weighted by atomic mass is 28.4. The summed E-state index contributed by atoms with van der Waals surface area (Å²) in [5, 5.41) is 9.31. The Labute approximate surface area is 129 Å². The molecule has 116 valence electrons. The highest BCUT2D eigenvalue weighted by molar-refractivity contribution is 6.60. The lowest BCUT2D eigenvalue weighted by atomic mass is 10.0. The second kappa shape index (κ2) is 8.95. The number of hydrogen-bond acceptors (Lipinski definition) is 4. The van der Waals surface area contributed by atoms with Crippen molar-refractivity contribution in [2.24, 2.45) is 0 Å². The van der Waals surface area contributed by atoms with Gasteiger partial charge in [-0.2, -0.15) is 5.26 Å². The van der Waals surface area contributed by atoms with Crippen LogP contribution in [0, 0.1) is 18.3 Å². The van der Waals surface area contributed by atoms with Crippen molar-refractivity contribution in [3.05, 3.63) is 34.9 Å². The molecule has 0 aliphatic rings. The van der Waals surface area contributed by atoms with Crippen molar-refractivity contribution >= 4 is 8.80 Å². The average molecular weight is 307 g/mol. The highest BCUT2D eigenvalue weighted by Crippen LogP contribution is 2.22. The van der Waals surface area contributed by atoms with Gasteiger partial charge in [0.05, 0.1) is 11.6 Å². The topological polar surface area (TPSA) is 51.5 Å². The van der Waals surface area contributed by atoms with Gasteiger partial charge >= 0.3 is 8.80 Å². The summed E-state index contributed by atoms with van der Waals surface area (Å²) in [6.07, 6.45) is 0.733. The molecule has 0 bridgehead atoms. The van der Waals surface area contributed by atoms with Crippen molar-refractivity contribution in [2.75, 3.05) is 19.8 Å². The molecule has 1 aromatic rings. The predicted octanol–water partition coefficient (Wildman–Crippen LogP) is 3.46. The Balaban J connectivity index is 2.90. The number of rotatable bonds is 9. The summed E-state index contributed by atoms with van der Waals surface area (Å²) in [5.41, 5.74) is 2.80. The minimum Gasteiger partial charge on any atom is -0.374 e. The van der Waals surface area contributed by atoms with E-state index in [4.69, 9.17) is 13.3 Å². The molecule has 1 rings (SSSR count). The van der Waals surface area contributed by atoms with E-state index in [1.165, 1.54) is 0 Å². The van der Waals surface area contributed by atoms with Crippen LogP contribution in [0.5, 0.6) is 0 Å². The third kappa shape index (κ3) is 4.94. The van der Waals surface area contributed by atoms with Crippen LogP contribution < -0.4 is 0 Å². The molecule has 0 aliphatic carbocycles. The largest absolute Gasteiger partial charge is 0.501 e. The Bertz CT molecular complexity index is 468. The lowest BCUT2D eigenvalue weighted by Crippen LogP contribution is -2.46. The molecular weight excluding hydrogens is 282 g/mol. The van der Waals surface area contributed by atoms with Crippen LogP contribution in [0.25, 0.3) is 0 Å². The molecule has 5 heteroatoms. The first kappa shape index (κ1) is 17.9. The van der Waals surface area contributed by atoms with E-state index in [0.29, 0.717) is 25.9 Å². The maximum Gasteiger partial charge on any atom is 0.501 e. The molecule has 0 heterocycles. The number of benzene rings is 1. The van der Waals surface area contributed by atoms with Gasteiger partial charge in [0.1, 0.15) is 0 Å². The molecule has 0 spiro atoms. The molecule has 0 aromatic heterocycles. The summed E-state index contributed by atoms with van der Waals surface area (Å²) in [4.78, 5) is 0. The predicted molar refractivity (Wildman–Crippen MR) is 85.0 cm³/mol. The normalized spacial score (nSPS) is 11.4. The van der Waals surface area contributed by atoms with Gasteiger partial charge in [0.2, 0.25) is 0 Å². The minimum absolute atomic E-state index is 0.575. The van der Waals surface area contributed by atoms with Crippen LogP contribution in [0.3, 0.4) is 0 Å². The molecule has 0 aliphatic heterocycles. The van der Waals surface area contributed by atoms with E-state index in [9.17, 15) is 5.26 Å².